The molecule has 0 atom stereocenters. The van der Waals surface area contributed by atoms with Gasteiger partial charge in [0.15, 0.2) is 0 Å². The maximum atomic E-state index is 12.0. The number of carbonyl (C=O) groups is 1. The van der Waals surface area contributed by atoms with Crippen LogP contribution in [-0.2, 0) is 14.3 Å². The van der Waals surface area contributed by atoms with Crippen LogP contribution >= 0.6 is 0 Å². The van der Waals surface area contributed by atoms with Crippen molar-refractivity contribution >= 4 is 17.7 Å². The molecule has 34 heavy (non-hydrogen) atoms. The third-order valence-electron chi connectivity index (χ3n) is 6.16. The summed E-state index contributed by atoms with van der Waals surface area (Å²) in [6.45, 7) is 10.7. The minimum Gasteiger partial charge on any atom is -0.491 e. The number of hydrogen-bond acceptors (Lipinski definition) is 5. The van der Waals surface area contributed by atoms with E-state index < -0.39 is 0 Å². The number of benzene rings is 2. The highest BCUT2D eigenvalue weighted by atomic mass is 16.5. The van der Waals surface area contributed by atoms with E-state index in [0.717, 1.165) is 60.9 Å². The number of carbonyl (C=O) groups excluding carboxylic acids is 1. The molecule has 0 N–H and O–H groups in total. The molecule has 1 fully saturated rings. The summed E-state index contributed by atoms with van der Waals surface area (Å²) < 4.78 is 16.4. The summed E-state index contributed by atoms with van der Waals surface area (Å²) in [5, 5.41) is 0. The highest BCUT2D eigenvalue weighted by Crippen LogP contribution is 2.32. The smallest absolute Gasteiger partial charge is 0.330 e. The summed E-state index contributed by atoms with van der Waals surface area (Å²) in [7, 11) is 0. The Morgan fingerprint density at radius 3 is 2.44 bits per heavy atom. The van der Waals surface area contributed by atoms with Gasteiger partial charge >= 0.3 is 5.97 Å². The van der Waals surface area contributed by atoms with Crippen molar-refractivity contribution in [3.05, 3.63) is 54.1 Å². The van der Waals surface area contributed by atoms with E-state index in [1.165, 1.54) is 24.6 Å². The molecular weight excluding hydrogens is 426 g/mol. The van der Waals surface area contributed by atoms with Crippen molar-refractivity contribution < 1.29 is 19.0 Å². The molecule has 2 aromatic carbocycles. The van der Waals surface area contributed by atoms with E-state index in [1.807, 2.05) is 25.1 Å². The summed E-state index contributed by atoms with van der Waals surface area (Å²) >= 11 is 0. The first kappa shape index (κ1) is 25.8. The molecule has 0 spiro atoms. The molecule has 3 rings (SSSR count). The van der Waals surface area contributed by atoms with Crippen molar-refractivity contribution in [3.8, 4) is 16.9 Å². The van der Waals surface area contributed by atoms with E-state index in [0.29, 0.717) is 19.8 Å². The van der Waals surface area contributed by atoms with Crippen molar-refractivity contribution in [2.75, 3.05) is 44.4 Å². The summed E-state index contributed by atoms with van der Waals surface area (Å²) in [4.78, 5) is 14.4. The Balaban J connectivity index is 1.72. The fourth-order valence-electron chi connectivity index (χ4n) is 4.06. The summed E-state index contributed by atoms with van der Waals surface area (Å²) in [5.41, 5.74) is 4.41. The average molecular weight is 466 g/mol. The van der Waals surface area contributed by atoms with Gasteiger partial charge in [-0.3, -0.25) is 0 Å². The molecule has 0 aliphatic carbocycles. The van der Waals surface area contributed by atoms with Gasteiger partial charge in [-0.15, -0.1) is 0 Å². The molecular formula is C29H39NO4. The highest BCUT2D eigenvalue weighted by molar-refractivity contribution is 5.89. The maximum absolute atomic E-state index is 12.0. The number of hydrogen-bond donors (Lipinski definition) is 0. The van der Waals surface area contributed by atoms with E-state index >= 15 is 0 Å². The lowest BCUT2D eigenvalue weighted by atomic mass is 9.96. The largest absolute Gasteiger partial charge is 0.491 e. The van der Waals surface area contributed by atoms with Crippen LogP contribution < -0.4 is 9.64 Å². The Morgan fingerprint density at radius 1 is 1.00 bits per heavy atom. The van der Waals surface area contributed by atoms with E-state index in [4.69, 9.17) is 14.2 Å². The number of rotatable bonds is 12. The molecule has 1 heterocycles. The van der Waals surface area contributed by atoms with Crippen molar-refractivity contribution in [2.45, 2.75) is 46.5 Å². The predicted molar refractivity (Wildman–Crippen MR) is 139 cm³/mol. The third-order valence-corrected chi connectivity index (χ3v) is 6.16. The number of ether oxygens (including phenoxy) is 3. The van der Waals surface area contributed by atoms with Gasteiger partial charge in [0.25, 0.3) is 0 Å². The lowest BCUT2D eigenvalue weighted by Crippen LogP contribution is -2.33. The van der Waals surface area contributed by atoms with Crippen LogP contribution in [0.25, 0.3) is 17.2 Å². The van der Waals surface area contributed by atoms with Gasteiger partial charge in [-0.1, -0.05) is 38.5 Å². The third kappa shape index (κ3) is 7.91. The van der Waals surface area contributed by atoms with Gasteiger partial charge < -0.3 is 19.1 Å². The van der Waals surface area contributed by atoms with Gasteiger partial charge in [-0.05, 0) is 79.1 Å². The Morgan fingerprint density at radius 2 is 1.74 bits per heavy atom. The Labute approximate surface area is 204 Å². The second-order valence-electron chi connectivity index (χ2n) is 8.87. The number of nitrogens with zero attached hydrogens (tertiary/aromatic N) is 1. The molecule has 1 saturated heterocycles. The molecule has 5 heteroatoms. The first-order valence-electron chi connectivity index (χ1n) is 12.7. The molecule has 5 nitrogen and oxygen atoms in total. The zero-order chi connectivity index (χ0) is 24.2. The van der Waals surface area contributed by atoms with Crippen LogP contribution in [0.15, 0.2) is 48.5 Å². The first-order chi connectivity index (χ1) is 16.6. The second kappa shape index (κ2) is 13.8. The first-order valence-corrected chi connectivity index (χ1v) is 12.7. The summed E-state index contributed by atoms with van der Waals surface area (Å²) in [5.74, 6) is 1.29. The van der Waals surface area contributed by atoms with Crippen LogP contribution in [0.1, 0.15) is 52.0 Å². The topological polar surface area (TPSA) is 48.0 Å². The molecule has 0 bridgehead atoms. The number of anilines is 1. The molecule has 184 valence electrons. The number of unbranched alkanes of at least 4 members (excludes halogenated alkanes) is 1. The van der Waals surface area contributed by atoms with Crippen molar-refractivity contribution in [3.63, 3.8) is 0 Å². The van der Waals surface area contributed by atoms with Crippen LogP contribution in [0, 0.1) is 5.92 Å². The number of piperidine rings is 1. The molecule has 0 amide bonds. The van der Waals surface area contributed by atoms with E-state index in [9.17, 15) is 4.79 Å². The van der Waals surface area contributed by atoms with E-state index in [1.54, 1.807) is 0 Å². The standard InChI is InChI=1S/C29H39NO4/c1-4-6-19-32-20-21-34-27-11-7-24(8-12-27)25-9-13-28(30-17-15-23(3)16-18-30)26(22-25)10-14-29(31)33-5-2/h7-14,22-23H,4-6,15-21H2,1-3H3. The van der Waals surface area contributed by atoms with Gasteiger partial charge in [-0.25, -0.2) is 4.79 Å². The lowest BCUT2D eigenvalue weighted by molar-refractivity contribution is -0.137. The highest BCUT2D eigenvalue weighted by Gasteiger charge is 2.18. The minimum atomic E-state index is -0.314. The van der Waals surface area contributed by atoms with Gasteiger partial charge in [0, 0.05) is 31.5 Å². The van der Waals surface area contributed by atoms with Gasteiger partial charge in [0.05, 0.1) is 13.2 Å². The molecule has 2 aromatic rings. The molecule has 0 saturated carbocycles. The zero-order valence-corrected chi connectivity index (χ0v) is 20.9. The van der Waals surface area contributed by atoms with Crippen LogP contribution in [0.2, 0.25) is 0 Å². The Bertz CT molecular complexity index is 914. The SMILES string of the molecule is CCCCOCCOc1ccc(-c2ccc(N3CCC(C)CC3)c(C=CC(=O)OCC)c2)cc1. The monoisotopic (exact) mass is 465 g/mol. The fraction of sp³-hybridized carbons (Fsp3) is 0.483. The fourth-order valence-corrected chi connectivity index (χ4v) is 4.06. The molecule has 1 aliphatic rings. The van der Waals surface area contributed by atoms with Crippen LogP contribution in [0.4, 0.5) is 5.69 Å². The quantitative estimate of drug-likeness (QED) is 0.207. The van der Waals surface area contributed by atoms with Gasteiger partial charge in [0.2, 0.25) is 0 Å². The van der Waals surface area contributed by atoms with Gasteiger partial charge in [0.1, 0.15) is 12.4 Å². The molecule has 0 unspecified atom stereocenters. The molecule has 0 aromatic heterocycles. The van der Waals surface area contributed by atoms with Crippen molar-refractivity contribution in [1.29, 1.82) is 0 Å². The van der Waals surface area contributed by atoms with Crippen LogP contribution in [0.3, 0.4) is 0 Å². The Kier molecular flexibility index (Phi) is 10.5. The maximum Gasteiger partial charge on any atom is 0.330 e. The van der Waals surface area contributed by atoms with Crippen LogP contribution in [-0.4, -0.2) is 45.5 Å². The number of esters is 1. The molecule has 0 radical (unpaired) electrons. The Hall–Kier alpha value is -2.79. The lowest BCUT2D eigenvalue weighted by Gasteiger charge is -2.33. The van der Waals surface area contributed by atoms with Crippen LogP contribution in [0.5, 0.6) is 5.75 Å². The minimum absolute atomic E-state index is 0.314. The normalized spacial score (nSPS) is 14.5. The average Bonchev–Trinajstić information content (AvgIpc) is 2.86. The zero-order valence-electron chi connectivity index (χ0n) is 20.9. The molecule has 1 aliphatic heterocycles. The van der Waals surface area contributed by atoms with Crippen molar-refractivity contribution in [2.24, 2.45) is 5.92 Å². The van der Waals surface area contributed by atoms with E-state index in [-0.39, 0.29) is 5.97 Å². The second-order valence-corrected chi connectivity index (χ2v) is 8.87. The van der Waals surface area contributed by atoms with Crippen molar-refractivity contribution in [1.82, 2.24) is 0 Å². The van der Waals surface area contributed by atoms with Gasteiger partial charge in [-0.2, -0.15) is 0 Å². The summed E-state index contributed by atoms with van der Waals surface area (Å²) in [6, 6.07) is 14.6. The van der Waals surface area contributed by atoms with E-state index in [2.05, 4.69) is 49.1 Å². The predicted octanol–water partition coefficient (Wildman–Crippen LogP) is 6.36. The summed E-state index contributed by atoms with van der Waals surface area (Å²) in [6.07, 6.45) is 8.01.